The number of hydrogen-bond acceptors (Lipinski definition) is 5. The topological polar surface area (TPSA) is 93.9 Å². The molecule has 2 amide bonds. The number of nitrogens with zero attached hydrogens (tertiary/aromatic N) is 1. The summed E-state index contributed by atoms with van der Waals surface area (Å²) in [7, 11) is 6.24. The van der Waals surface area contributed by atoms with Crippen LogP contribution < -0.4 is 20.5 Å². The number of anilines is 1. The Kier molecular flexibility index (Phi) is 6.79. The molecule has 0 saturated heterocycles. The first-order chi connectivity index (χ1) is 12.9. The summed E-state index contributed by atoms with van der Waals surface area (Å²) in [6, 6.07) is 12.0. The zero-order valence-corrected chi connectivity index (χ0v) is 16.0. The maximum absolute atomic E-state index is 12.5. The first-order valence-electron chi connectivity index (χ1n) is 8.45. The Balaban J connectivity index is 2.27. The van der Waals surface area contributed by atoms with Crippen LogP contribution in [0.15, 0.2) is 42.5 Å². The molecule has 144 valence electrons. The van der Waals surface area contributed by atoms with Crippen LogP contribution in [0.1, 0.15) is 28.4 Å². The first kappa shape index (κ1) is 20.3. The van der Waals surface area contributed by atoms with Crippen LogP contribution >= 0.6 is 0 Å². The third kappa shape index (κ3) is 4.98. The van der Waals surface area contributed by atoms with E-state index in [9.17, 15) is 9.59 Å². The number of benzene rings is 2. The van der Waals surface area contributed by atoms with Gasteiger partial charge < -0.3 is 25.4 Å². The molecule has 0 aliphatic carbocycles. The Labute approximate surface area is 159 Å². The number of carbonyl (C=O) groups is 2. The molecule has 1 unspecified atom stereocenters. The molecule has 0 aromatic heterocycles. The summed E-state index contributed by atoms with van der Waals surface area (Å²) in [6.07, 6.45) is 0.0773. The highest BCUT2D eigenvalue weighted by atomic mass is 16.5. The molecule has 2 aromatic carbocycles. The number of amides is 2. The van der Waals surface area contributed by atoms with Gasteiger partial charge in [-0.1, -0.05) is 30.3 Å². The van der Waals surface area contributed by atoms with E-state index < -0.39 is 6.04 Å². The third-order valence-corrected chi connectivity index (χ3v) is 4.07. The van der Waals surface area contributed by atoms with Crippen LogP contribution in [0.4, 0.5) is 5.69 Å². The molecular formula is C20H25N3O4. The third-order valence-electron chi connectivity index (χ3n) is 4.07. The second kappa shape index (κ2) is 9.05. The van der Waals surface area contributed by atoms with Gasteiger partial charge in [0.2, 0.25) is 5.91 Å². The number of ether oxygens (including phenoxy) is 2. The Morgan fingerprint density at radius 3 is 2.22 bits per heavy atom. The molecule has 0 saturated carbocycles. The van der Waals surface area contributed by atoms with Gasteiger partial charge in [-0.05, 0) is 11.6 Å². The van der Waals surface area contributed by atoms with Crippen LogP contribution in [0.2, 0.25) is 0 Å². The molecule has 3 N–H and O–H groups in total. The zero-order chi connectivity index (χ0) is 20.0. The van der Waals surface area contributed by atoms with Gasteiger partial charge in [-0.15, -0.1) is 0 Å². The van der Waals surface area contributed by atoms with E-state index in [2.05, 4.69) is 5.32 Å². The van der Waals surface area contributed by atoms with Gasteiger partial charge in [0.25, 0.3) is 5.91 Å². The fourth-order valence-corrected chi connectivity index (χ4v) is 2.62. The molecule has 2 rings (SSSR count). The first-order valence-corrected chi connectivity index (χ1v) is 8.45. The molecular weight excluding hydrogens is 346 g/mol. The minimum Gasteiger partial charge on any atom is -0.493 e. The highest BCUT2D eigenvalue weighted by Crippen LogP contribution is 2.34. The van der Waals surface area contributed by atoms with Crippen LogP contribution in [-0.2, 0) is 4.79 Å². The van der Waals surface area contributed by atoms with E-state index in [4.69, 9.17) is 15.2 Å². The van der Waals surface area contributed by atoms with Crippen molar-refractivity contribution in [3.63, 3.8) is 0 Å². The lowest BCUT2D eigenvalue weighted by Gasteiger charge is -2.18. The van der Waals surface area contributed by atoms with Crippen molar-refractivity contribution < 1.29 is 19.1 Å². The molecule has 2 aromatic rings. The largest absolute Gasteiger partial charge is 0.493 e. The maximum Gasteiger partial charge on any atom is 0.255 e. The standard InChI is InChI=1S/C20H25N3O4/c1-23(2)20(25)14-10-17(26-3)18(27-4)12-16(14)22-19(24)11-15(21)13-8-6-5-7-9-13/h5-10,12,15H,11,21H2,1-4H3,(H,22,24). The van der Waals surface area contributed by atoms with E-state index >= 15 is 0 Å². The van der Waals surface area contributed by atoms with E-state index in [-0.39, 0.29) is 18.2 Å². The summed E-state index contributed by atoms with van der Waals surface area (Å²) in [5, 5.41) is 2.77. The molecule has 7 heteroatoms. The highest BCUT2D eigenvalue weighted by Gasteiger charge is 2.20. The Morgan fingerprint density at radius 1 is 1.07 bits per heavy atom. The van der Waals surface area contributed by atoms with Crippen molar-refractivity contribution in [2.45, 2.75) is 12.5 Å². The van der Waals surface area contributed by atoms with E-state index in [0.717, 1.165) is 5.56 Å². The lowest BCUT2D eigenvalue weighted by molar-refractivity contribution is -0.116. The monoisotopic (exact) mass is 371 g/mol. The van der Waals surface area contributed by atoms with Gasteiger partial charge in [0.15, 0.2) is 11.5 Å². The summed E-state index contributed by atoms with van der Waals surface area (Å²) in [4.78, 5) is 26.4. The minimum absolute atomic E-state index is 0.0773. The molecule has 0 spiro atoms. The van der Waals surface area contributed by atoms with Gasteiger partial charge in [0.1, 0.15) is 0 Å². The minimum atomic E-state index is -0.445. The van der Waals surface area contributed by atoms with Crippen LogP contribution in [-0.4, -0.2) is 45.0 Å². The molecule has 0 aliphatic heterocycles. The van der Waals surface area contributed by atoms with Gasteiger partial charge in [0, 0.05) is 32.6 Å². The summed E-state index contributed by atoms with van der Waals surface area (Å²) in [6.45, 7) is 0. The van der Waals surface area contributed by atoms with Crippen molar-refractivity contribution in [1.29, 1.82) is 0 Å². The molecule has 0 heterocycles. The molecule has 1 atom stereocenters. The summed E-state index contributed by atoms with van der Waals surface area (Å²) in [5.41, 5.74) is 7.63. The van der Waals surface area contributed by atoms with Gasteiger partial charge in [0.05, 0.1) is 25.5 Å². The van der Waals surface area contributed by atoms with Gasteiger partial charge in [-0.25, -0.2) is 0 Å². The van der Waals surface area contributed by atoms with Crippen molar-refractivity contribution in [2.24, 2.45) is 5.73 Å². The highest BCUT2D eigenvalue weighted by molar-refractivity contribution is 6.04. The zero-order valence-electron chi connectivity index (χ0n) is 16.0. The maximum atomic E-state index is 12.5. The number of hydrogen-bond donors (Lipinski definition) is 2. The predicted octanol–water partition coefficient (Wildman–Crippen LogP) is 2.43. The van der Waals surface area contributed by atoms with Crippen LogP contribution in [0, 0.1) is 0 Å². The fraction of sp³-hybridized carbons (Fsp3) is 0.300. The molecule has 27 heavy (non-hydrogen) atoms. The average Bonchev–Trinajstić information content (AvgIpc) is 2.67. The predicted molar refractivity (Wildman–Crippen MR) is 104 cm³/mol. The summed E-state index contributed by atoms with van der Waals surface area (Å²) >= 11 is 0. The molecule has 0 radical (unpaired) electrons. The average molecular weight is 371 g/mol. The number of nitrogens with one attached hydrogen (secondary N) is 1. The Bertz CT molecular complexity index is 806. The quantitative estimate of drug-likeness (QED) is 0.780. The molecule has 7 nitrogen and oxygen atoms in total. The Hall–Kier alpha value is -3.06. The van der Waals surface area contributed by atoms with Crippen LogP contribution in [0.3, 0.4) is 0 Å². The fourth-order valence-electron chi connectivity index (χ4n) is 2.62. The van der Waals surface area contributed by atoms with Gasteiger partial charge in [-0.3, -0.25) is 9.59 Å². The normalized spacial score (nSPS) is 11.4. The van der Waals surface area contributed by atoms with E-state index in [1.165, 1.54) is 19.1 Å². The summed E-state index contributed by atoms with van der Waals surface area (Å²) < 4.78 is 10.5. The van der Waals surface area contributed by atoms with E-state index in [1.54, 1.807) is 26.2 Å². The van der Waals surface area contributed by atoms with Crippen LogP contribution in [0.25, 0.3) is 0 Å². The number of nitrogens with two attached hydrogens (primary N) is 1. The lowest BCUT2D eigenvalue weighted by atomic mass is 10.0. The van der Waals surface area contributed by atoms with E-state index in [0.29, 0.717) is 22.7 Å². The number of methoxy groups -OCH3 is 2. The second-order valence-electron chi connectivity index (χ2n) is 6.22. The van der Waals surface area contributed by atoms with Crippen molar-refractivity contribution in [3.8, 4) is 11.5 Å². The van der Waals surface area contributed by atoms with Crippen LogP contribution in [0.5, 0.6) is 11.5 Å². The SMILES string of the molecule is COc1cc(NC(=O)CC(N)c2ccccc2)c(C(=O)N(C)C)cc1OC. The lowest BCUT2D eigenvalue weighted by Crippen LogP contribution is -2.25. The van der Waals surface area contributed by atoms with Crippen molar-refractivity contribution in [3.05, 3.63) is 53.6 Å². The molecule has 0 aliphatic rings. The number of rotatable bonds is 7. The van der Waals surface area contributed by atoms with Gasteiger partial charge in [-0.2, -0.15) is 0 Å². The number of carbonyl (C=O) groups excluding carboxylic acids is 2. The van der Waals surface area contributed by atoms with Crippen molar-refractivity contribution in [1.82, 2.24) is 4.90 Å². The van der Waals surface area contributed by atoms with Gasteiger partial charge >= 0.3 is 0 Å². The van der Waals surface area contributed by atoms with Crippen molar-refractivity contribution >= 4 is 17.5 Å². The molecule has 0 bridgehead atoms. The second-order valence-corrected chi connectivity index (χ2v) is 6.22. The summed E-state index contributed by atoms with van der Waals surface area (Å²) in [5.74, 6) is 0.252. The Morgan fingerprint density at radius 2 is 1.67 bits per heavy atom. The smallest absolute Gasteiger partial charge is 0.255 e. The van der Waals surface area contributed by atoms with Crippen molar-refractivity contribution in [2.75, 3.05) is 33.6 Å². The molecule has 0 fully saturated rings. The van der Waals surface area contributed by atoms with E-state index in [1.807, 2.05) is 30.3 Å².